The van der Waals surface area contributed by atoms with Crippen LogP contribution >= 0.6 is 0 Å². The molecule has 8 heteroatoms. The van der Waals surface area contributed by atoms with Crippen molar-refractivity contribution in [3.05, 3.63) is 54.4 Å². The monoisotopic (exact) mass is 383 g/mol. The van der Waals surface area contributed by atoms with Crippen LogP contribution in [0.4, 0.5) is 5.95 Å². The predicted octanol–water partition coefficient (Wildman–Crippen LogP) is 0.406. The van der Waals surface area contributed by atoms with Crippen LogP contribution < -0.4 is 10.2 Å². The summed E-state index contributed by atoms with van der Waals surface area (Å²) < 4.78 is 0. The van der Waals surface area contributed by atoms with Gasteiger partial charge < -0.3 is 20.2 Å². The number of carbonyl (C=O) groups excluding carboxylic acids is 2. The Kier molecular flexibility index (Phi) is 6.54. The molecule has 148 valence electrons. The van der Waals surface area contributed by atoms with E-state index in [0.717, 1.165) is 5.56 Å². The molecule has 0 spiro atoms. The van der Waals surface area contributed by atoms with Crippen LogP contribution in [0.25, 0.3) is 0 Å². The molecule has 2 heterocycles. The average molecular weight is 383 g/mol. The maximum absolute atomic E-state index is 12.8. The highest BCUT2D eigenvalue weighted by Gasteiger charge is 2.30. The number of benzene rings is 1. The zero-order chi connectivity index (χ0) is 19.9. The molecule has 1 unspecified atom stereocenters. The molecule has 1 aromatic heterocycles. The minimum absolute atomic E-state index is 0.273. The van der Waals surface area contributed by atoms with Crippen LogP contribution in [0.3, 0.4) is 0 Å². The number of nitrogens with zero attached hydrogens (tertiary/aromatic N) is 4. The summed E-state index contributed by atoms with van der Waals surface area (Å²) in [5.41, 5.74) is 0.862. The summed E-state index contributed by atoms with van der Waals surface area (Å²) in [6, 6.07) is 10.2. The molecule has 0 bridgehead atoms. The number of hydrogen-bond acceptors (Lipinski definition) is 6. The fourth-order valence-corrected chi connectivity index (χ4v) is 3.18. The van der Waals surface area contributed by atoms with Gasteiger partial charge in [-0.3, -0.25) is 9.59 Å². The second kappa shape index (κ2) is 9.27. The van der Waals surface area contributed by atoms with Crippen molar-refractivity contribution in [2.24, 2.45) is 0 Å². The topological polar surface area (TPSA) is 98.7 Å². The smallest absolute Gasteiger partial charge is 0.247 e. The lowest BCUT2D eigenvalue weighted by atomic mass is 10.00. The summed E-state index contributed by atoms with van der Waals surface area (Å²) in [5.74, 6) is -0.326. The maximum Gasteiger partial charge on any atom is 0.247 e. The molecule has 8 nitrogen and oxygen atoms in total. The molecule has 2 amide bonds. The lowest BCUT2D eigenvalue weighted by molar-refractivity contribution is -0.138. The van der Waals surface area contributed by atoms with Gasteiger partial charge in [0, 0.05) is 38.6 Å². The van der Waals surface area contributed by atoms with Gasteiger partial charge in [0.1, 0.15) is 6.04 Å². The molecule has 28 heavy (non-hydrogen) atoms. The molecular weight excluding hydrogens is 358 g/mol. The average Bonchev–Trinajstić information content (AvgIpc) is 2.77. The number of nitrogens with one attached hydrogen (secondary N) is 1. The van der Waals surface area contributed by atoms with Crippen molar-refractivity contribution >= 4 is 17.8 Å². The number of anilines is 1. The van der Waals surface area contributed by atoms with Gasteiger partial charge in [-0.25, -0.2) is 9.97 Å². The van der Waals surface area contributed by atoms with Crippen molar-refractivity contribution in [2.45, 2.75) is 18.9 Å². The van der Waals surface area contributed by atoms with E-state index in [1.165, 1.54) is 0 Å². The van der Waals surface area contributed by atoms with Crippen molar-refractivity contribution in [1.82, 2.24) is 20.2 Å². The first kappa shape index (κ1) is 19.8. The second-order valence-corrected chi connectivity index (χ2v) is 6.74. The summed E-state index contributed by atoms with van der Waals surface area (Å²) in [7, 11) is 0. The van der Waals surface area contributed by atoms with Gasteiger partial charge in [0.05, 0.1) is 12.5 Å². The van der Waals surface area contributed by atoms with E-state index in [2.05, 4.69) is 15.3 Å². The van der Waals surface area contributed by atoms with E-state index in [9.17, 15) is 14.7 Å². The van der Waals surface area contributed by atoms with Crippen LogP contribution in [-0.4, -0.2) is 70.6 Å². The van der Waals surface area contributed by atoms with E-state index < -0.39 is 18.6 Å². The molecule has 2 N–H and O–H groups in total. The first-order valence-electron chi connectivity index (χ1n) is 9.37. The highest BCUT2D eigenvalue weighted by atomic mass is 16.3. The Morgan fingerprint density at radius 2 is 1.71 bits per heavy atom. The van der Waals surface area contributed by atoms with E-state index >= 15 is 0 Å². The largest absolute Gasteiger partial charge is 0.394 e. The molecule has 1 fully saturated rings. The van der Waals surface area contributed by atoms with E-state index in [4.69, 9.17) is 0 Å². The van der Waals surface area contributed by atoms with Crippen LogP contribution in [-0.2, 0) is 9.59 Å². The van der Waals surface area contributed by atoms with Gasteiger partial charge in [-0.15, -0.1) is 0 Å². The predicted molar refractivity (Wildman–Crippen MR) is 105 cm³/mol. The standard InChI is InChI=1S/C20H25N5O3/c1-15(16-6-3-2-4-7-16)18(27)23-17(14-26)19(28)24-10-12-25(13-11-24)20-21-8-5-9-22-20/h2-9,15,17,26H,10-14H2,1H3,(H,23,27)/t15?,17-/m0/s1. The normalized spacial score (nSPS) is 16.4. The second-order valence-electron chi connectivity index (χ2n) is 6.74. The van der Waals surface area contributed by atoms with E-state index in [-0.39, 0.29) is 11.8 Å². The van der Waals surface area contributed by atoms with Gasteiger partial charge in [-0.1, -0.05) is 30.3 Å². The molecule has 0 radical (unpaired) electrons. The number of aliphatic hydroxyl groups excluding tert-OH is 1. The molecule has 3 rings (SSSR count). The van der Waals surface area contributed by atoms with Gasteiger partial charge in [0.25, 0.3) is 0 Å². The van der Waals surface area contributed by atoms with E-state index in [1.807, 2.05) is 35.2 Å². The Labute approximate surface area is 164 Å². The number of piperazine rings is 1. The van der Waals surface area contributed by atoms with Crippen LogP contribution in [0, 0.1) is 0 Å². The van der Waals surface area contributed by atoms with E-state index in [0.29, 0.717) is 32.1 Å². The van der Waals surface area contributed by atoms with Crippen LogP contribution in [0.1, 0.15) is 18.4 Å². The van der Waals surface area contributed by atoms with E-state index in [1.54, 1.807) is 30.3 Å². The molecule has 1 saturated heterocycles. The summed E-state index contributed by atoms with van der Waals surface area (Å²) >= 11 is 0. The minimum atomic E-state index is -0.946. The Hall–Kier alpha value is -3.00. The first-order valence-corrected chi connectivity index (χ1v) is 9.37. The first-order chi connectivity index (χ1) is 13.6. The number of rotatable bonds is 6. The van der Waals surface area contributed by atoms with Crippen molar-refractivity contribution in [3.63, 3.8) is 0 Å². The van der Waals surface area contributed by atoms with Gasteiger partial charge in [-0.05, 0) is 18.6 Å². The highest BCUT2D eigenvalue weighted by molar-refractivity contribution is 5.90. The third-order valence-electron chi connectivity index (χ3n) is 4.92. The van der Waals surface area contributed by atoms with Crippen molar-refractivity contribution < 1.29 is 14.7 Å². The molecule has 1 aliphatic heterocycles. The zero-order valence-corrected chi connectivity index (χ0v) is 15.9. The van der Waals surface area contributed by atoms with Crippen molar-refractivity contribution in [1.29, 1.82) is 0 Å². The maximum atomic E-state index is 12.8. The molecule has 1 aromatic carbocycles. The van der Waals surface area contributed by atoms with Crippen molar-refractivity contribution in [2.75, 3.05) is 37.7 Å². The number of amides is 2. The fourth-order valence-electron chi connectivity index (χ4n) is 3.18. The Balaban J connectivity index is 1.56. The molecule has 1 aliphatic rings. The number of aliphatic hydroxyl groups is 1. The van der Waals surface area contributed by atoms with Crippen LogP contribution in [0.2, 0.25) is 0 Å². The third kappa shape index (κ3) is 4.64. The number of hydrogen-bond donors (Lipinski definition) is 2. The van der Waals surface area contributed by atoms with Gasteiger partial charge in [-0.2, -0.15) is 0 Å². The van der Waals surface area contributed by atoms with Gasteiger partial charge in [0.15, 0.2) is 0 Å². The minimum Gasteiger partial charge on any atom is -0.394 e. The summed E-state index contributed by atoms with van der Waals surface area (Å²) in [4.78, 5) is 37.4. The summed E-state index contributed by atoms with van der Waals surface area (Å²) in [5, 5.41) is 12.4. The molecule has 0 aliphatic carbocycles. The fraction of sp³-hybridized carbons (Fsp3) is 0.400. The Bertz CT molecular complexity index is 779. The lowest BCUT2D eigenvalue weighted by Gasteiger charge is -2.36. The summed E-state index contributed by atoms with van der Waals surface area (Å²) in [6.45, 7) is 3.51. The number of aromatic nitrogens is 2. The molecule has 2 atom stereocenters. The number of carbonyl (C=O) groups is 2. The van der Waals surface area contributed by atoms with Gasteiger partial charge in [0.2, 0.25) is 17.8 Å². The van der Waals surface area contributed by atoms with Crippen LogP contribution in [0.15, 0.2) is 48.8 Å². The SMILES string of the molecule is CC(C(=O)N[C@@H](CO)C(=O)N1CCN(c2ncccn2)CC1)c1ccccc1. The quantitative estimate of drug-likeness (QED) is 0.750. The van der Waals surface area contributed by atoms with Gasteiger partial charge >= 0.3 is 0 Å². The lowest BCUT2D eigenvalue weighted by Crippen LogP contribution is -2.56. The highest BCUT2D eigenvalue weighted by Crippen LogP contribution is 2.15. The summed E-state index contributed by atoms with van der Waals surface area (Å²) in [6.07, 6.45) is 3.37. The zero-order valence-electron chi connectivity index (χ0n) is 15.9. The molecular formula is C20H25N5O3. The molecule has 0 saturated carbocycles. The third-order valence-corrected chi connectivity index (χ3v) is 4.92. The Morgan fingerprint density at radius 3 is 2.32 bits per heavy atom. The Morgan fingerprint density at radius 1 is 1.07 bits per heavy atom. The van der Waals surface area contributed by atoms with Crippen molar-refractivity contribution in [3.8, 4) is 0 Å². The molecule has 2 aromatic rings. The van der Waals surface area contributed by atoms with Crippen LogP contribution in [0.5, 0.6) is 0 Å².